The highest BCUT2D eigenvalue weighted by Crippen LogP contribution is 2.12. The molecule has 0 aliphatic carbocycles. The van der Waals surface area contributed by atoms with Crippen molar-refractivity contribution in [3.63, 3.8) is 0 Å². The van der Waals surface area contributed by atoms with Crippen LogP contribution >= 0.6 is 0 Å². The van der Waals surface area contributed by atoms with Gasteiger partial charge in [0.15, 0.2) is 6.04 Å². The maximum Gasteiger partial charge on any atom is 0.288 e. The van der Waals surface area contributed by atoms with Gasteiger partial charge in [-0.15, -0.1) is 0 Å². The molecular weight excluding hydrogens is 268 g/mol. The minimum absolute atomic E-state index is 0.00664. The SMILES string of the molecule is O=C1C[C@H]([NH+]2CCOCC2)C(=O)N1CCc1ccccc1. The van der Waals surface area contributed by atoms with E-state index in [-0.39, 0.29) is 17.9 Å². The van der Waals surface area contributed by atoms with E-state index in [1.165, 1.54) is 9.80 Å². The number of rotatable bonds is 4. The molecule has 2 saturated heterocycles. The Kier molecular flexibility index (Phi) is 4.31. The molecule has 3 rings (SSSR count). The Morgan fingerprint density at radius 3 is 2.57 bits per heavy atom. The van der Waals surface area contributed by atoms with Gasteiger partial charge in [0.25, 0.3) is 5.91 Å². The maximum atomic E-state index is 12.5. The summed E-state index contributed by atoms with van der Waals surface area (Å²) in [5, 5.41) is 0. The number of amides is 2. The summed E-state index contributed by atoms with van der Waals surface area (Å²) in [7, 11) is 0. The van der Waals surface area contributed by atoms with Gasteiger partial charge in [-0.3, -0.25) is 14.5 Å². The van der Waals surface area contributed by atoms with E-state index in [0.717, 1.165) is 25.1 Å². The van der Waals surface area contributed by atoms with Crippen molar-refractivity contribution < 1.29 is 19.2 Å². The Bertz CT molecular complexity index is 512. The van der Waals surface area contributed by atoms with Crippen molar-refractivity contribution in [3.05, 3.63) is 35.9 Å². The zero-order valence-corrected chi connectivity index (χ0v) is 12.1. The number of hydrogen-bond acceptors (Lipinski definition) is 3. The van der Waals surface area contributed by atoms with Crippen LogP contribution in [0.15, 0.2) is 30.3 Å². The highest BCUT2D eigenvalue weighted by atomic mass is 16.5. The molecule has 0 saturated carbocycles. The molecule has 5 heteroatoms. The molecule has 2 aliphatic heterocycles. The van der Waals surface area contributed by atoms with Crippen molar-refractivity contribution in [2.45, 2.75) is 18.9 Å². The highest BCUT2D eigenvalue weighted by molar-refractivity contribution is 6.04. The molecule has 1 atom stereocenters. The second kappa shape index (κ2) is 6.37. The lowest BCUT2D eigenvalue weighted by atomic mass is 10.1. The molecule has 1 aromatic carbocycles. The topological polar surface area (TPSA) is 51.1 Å². The summed E-state index contributed by atoms with van der Waals surface area (Å²) >= 11 is 0. The van der Waals surface area contributed by atoms with Gasteiger partial charge in [-0.2, -0.15) is 0 Å². The smallest absolute Gasteiger partial charge is 0.288 e. The van der Waals surface area contributed by atoms with Gasteiger partial charge < -0.3 is 9.64 Å². The third-order valence-electron chi connectivity index (χ3n) is 4.34. The molecule has 5 nitrogen and oxygen atoms in total. The lowest BCUT2D eigenvalue weighted by Crippen LogP contribution is -3.18. The largest absolute Gasteiger partial charge is 0.370 e. The van der Waals surface area contributed by atoms with Crippen LogP contribution in [0.25, 0.3) is 0 Å². The predicted octanol–water partition coefficient (Wildman–Crippen LogP) is -0.728. The number of morpholine rings is 1. The average Bonchev–Trinajstić information content (AvgIpc) is 2.82. The number of likely N-dealkylation sites (tertiary alicyclic amines) is 1. The number of benzene rings is 1. The van der Waals surface area contributed by atoms with E-state index in [4.69, 9.17) is 4.74 Å². The van der Waals surface area contributed by atoms with Crippen molar-refractivity contribution in [1.82, 2.24) is 4.90 Å². The van der Waals surface area contributed by atoms with Gasteiger partial charge in [-0.25, -0.2) is 0 Å². The van der Waals surface area contributed by atoms with Crippen molar-refractivity contribution in [1.29, 1.82) is 0 Å². The van der Waals surface area contributed by atoms with Crippen molar-refractivity contribution in [2.24, 2.45) is 0 Å². The first-order valence-electron chi connectivity index (χ1n) is 7.56. The third kappa shape index (κ3) is 3.14. The molecule has 0 aromatic heterocycles. The fourth-order valence-corrected chi connectivity index (χ4v) is 3.10. The van der Waals surface area contributed by atoms with Gasteiger partial charge in [0.1, 0.15) is 13.1 Å². The summed E-state index contributed by atoms with van der Waals surface area (Å²) in [5.41, 5.74) is 1.15. The average molecular weight is 289 g/mol. The Hall–Kier alpha value is -1.72. The molecule has 0 unspecified atom stereocenters. The number of carbonyl (C=O) groups is 2. The van der Waals surface area contributed by atoms with Crippen molar-refractivity contribution in [2.75, 3.05) is 32.8 Å². The quantitative estimate of drug-likeness (QED) is 0.744. The minimum atomic E-state index is -0.197. The number of carbonyl (C=O) groups excluding carboxylic acids is 2. The molecule has 0 bridgehead atoms. The van der Waals surface area contributed by atoms with Crippen LogP contribution in [0.1, 0.15) is 12.0 Å². The second-order valence-electron chi connectivity index (χ2n) is 5.65. The van der Waals surface area contributed by atoms with Crippen LogP contribution in [0.2, 0.25) is 0 Å². The molecule has 1 N–H and O–H groups in total. The minimum Gasteiger partial charge on any atom is -0.370 e. The summed E-state index contributed by atoms with van der Waals surface area (Å²) in [6.45, 7) is 3.48. The Balaban J connectivity index is 1.61. The first kappa shape index (κ1) is 14.2. The molecule has 21 heavy (non-hydrogen) atoms. The van der Waals surface area contributed by atoms with Gasteiger partial charge in [0, 0.05) is 6.54 Å². The standard InChI is InChI=1S/C16H20N2O3/c19-15-12-14(17-8-10-21-11-9-17)16(20)18(15)7-6-13-4-2-1-3-5-13/h1-5,14H,6-12H2/p+1/t14-/m0/s1. The third-order valence-corrected chi connectivity index (χ3v) is 4.34. The van der Waals surface area contributed by atoms with E-state index in [1.807, 2.05) is 30.3 Å². The van der Waals surface area contributed by atoms with Gasteiger partial charge in [-0.05, 0) is 12.0 Å². The fraction of sp³-hybridized carbons (Fsp3) is 0.500. The van der Waals surface area contributed by atoms with Crippen LogP contribution in [0.4, 0.5) is 0 Å². The molecule has 2 fully saturated rings. The number of quaternary nitrogens is 1. The Morgan fingerprint density at radius 1 is 1.14 bits per heavy atom. The lowest BCUT2D eigenvalue weighted by molar-refractivity contribution is -0.922. The van der Waals surface area contributed by atoms with Gasteiger partial charge in [0.2, 0.25) is 5.91 Å². The van der Waals surface area contributed by atoms with Gasteiger partial charge in [0.05, 0.1) is 19.6 Å². The molecule has 112 valence electrons. The molecule has 2 heterocycles. The predicted molar refractivity (Wildman–Crippen MR) is 76.8 cm³/mol. The van der Waals surface area contributed by atoms with Crippen LogP contribution in [0, 0.1) is 0 Å². The van der Waals surface area contributed by atoms with Crippen LogP contribution < -0.4 is 4.90 Å². The van der Waals surface area contributed by atoms with Gasteiger partial charge >= 0.3 is 0 Å². The monoisotopic (exact) mass is 289 g/mol. The summed E-state index contributed by atoms with van der Waals surface area (Å²) in [6, 6.07) is 9.77. The van der Waals surface area contributed by atoms with Crippen molar-refractivity contribution >= 4 is 11.8 Å². The maximum absolute atomic E-state index is 12.5. The number of imide groups is 1. The van der Waals surface area contributed by atoms with Crippen LogP contribution in [-0.2, 0) is 20.7 Å². The summed E-state index contributed by atoms with van der Waals surface area (Å²) in [4.78, 5) is 27.2. The summed E-state index contributed by atoms with van der Waals surface area (Å²) in [6.07, 6.45) is 1.08. The molecular formula is C16H21N2O3+. The van der Waals surface area contributed by atoms with Crippen molar-refractivity contribution in [3.8, 4) is 0 Å². The first-order chi connectivity index (χ1) is 10.3. The molecule has 2 aliphatic rings. The summed E-state index contributed by atoms with van der Waals surface area (Å²) < 4.78 is 5.32. The number of ether oxygens (including phenoxy) is 1. The second-order valence-corrected chi connectivity index (χ2v) is 5.65. The zero-order chi connectivity index (χ0) is 14.7. The Morgan fingerprint density at radius 2 is 1.86 bits per heavy atom. The molecule has 2 amide bonds. The van der Waals surface area contributed by atoms with E-state index < -0.39 is 0 Å². The number of nitrogens with one attached hydrogen (secondary N) is 1. The zero-order valence-electron chi connectivity index (χ0n) is 12.1. The van der Waals surface area contributed by atoms with Crippen LogP contribution in [-0.4, -0.2) is 55.6 Å². The van der Waals surface area contributed by atoms with E-state index in [0.29, 0.717) is 26.2 Å². The van der Waals surface area contributed by atoms with Gasteiger partial charge in [-0.1, -0.05) is 30.3 Å². The first-order valence-corrected chi connectivity index (χ1v) is 7.56. The number of hydrogen-bond donors (Lipinski definition) is 1. The fourth-order valence-electron chi connectivity index (χ4n) is 3.10. The molecule has 1 aromatic rings. The molecule has 0 spiro atoms. The highest BCUT2D eigenvalue weighted by Gasteiger charge is 2.44. The summed E-state index contributed by atoms with van der Waals surface area (Å²) in [5.74, 6) is -0.0345. The van der Waals surface area contributed by atoms with E-state index in [1.54, 1.807) is 0 Å². The molecule has 0 radical (unpaired) electrons. The number of nitrogens with zero attached hydrogens (tertiary/aromatic N) is 1. The Labute approximate surface area is 124 Å². The lowest BCUT2D eigenvalue weighted by Gasteiger charge is -2.27. The van der Waals surface area contributed by atoms with E-state index in [9.17, 15) is 9.59 Å². The van der Waals surface area contributed by atoms with Crippen LogP contribution in [0.3, 0.4) is 0 Å². The van der Waals surface area contributed by atoms with E-state index in [2.05, 4.69) is 0 Å². The normalized spacial score (nSPS) is 23.8. The van der Waals surface area contributed by atoms with E-state index >= 15 is 0 Å². The van der Waals surface area contributed by atoms with Crippen LogP contribution in [0.5, 0.6) is 0 Å².